The molecule has 0 atom stereocenters. The summed E-state index contributed by atoms with van der Waals surface area (Å²) in [6, 6.07) is 8.08. The number of benzene rings is 1. The summed E-state index contributed by atoms with van der Waals surface area (Å²) in [5, 5.41) is 0. The molecule has 1 N–H and O–H groups in total. The topological polar surface area (TPSA) is 29.1 Å². The zero-order valence-corrected chi connectivity index (χ0v) is 9.52. The molecule has 1 aromatic carbocycles. The molecule has 0 unspecified atom stereocenters. The first-order valence-electron chi connectivity index (χ1n) is 4.51. The fraction of sp³-hybridized carbons (Fsp3) is 0.364. The van der Waals surface area contributed by atoms with Crippen molar-refractivity contribution < 1.29 is 4.79 Å². The van der Waals surface area contributed by atoms with Crippen molar-refractivity contribution in [3.05, 3.63) is 29.8 Å². The molecule has 0 aliphatic rings. The molecule has 0 bridgehead atoms. The van der Waals surface area contributed by atoms with Crippen molar-refractivity contribution in [2.75, 3.05) is 0 Å². The molecule has 0 aliphatic heterocycles. The van der Waals surface area contributed by atoms with Crippen molar-refractivity contribution in [3.63, 3.8) is 0 Å². The van der Waals surface area contributed by atoms with Gasteiger partial charge in [-0.1, -0.05) is 18.2 Å². The summed E-state index contributed by atoms with van der Waals surface area (Å²) >= 11 is 1.50. The Balaban J connectivity index is 2.62. The van der Waals surface area contributed by atoms with Crippen LogP contribution in [0.2, 0.25) is 0 Å². The maximum absolute atomic E-state index is 10.7. The van der Waals surface area contributed by atoms with Crippen molar-refractivity contribution >= 4 is 18.2 Å². The molecule has 14 heavy (non-hydrogen) atoms. The van der Waals surface area contributed by atoms with Crippen LogP contribution >= 0.6 is 11.9 Å². The van der Waals surface area contributed by atoms with E-state index >= 15 is 0 Å². The Bertz CT molecular complexity index is 323. The van der Waals surface area contributed by atoms with Gasteiger partial charge in [0.25, 0.3) is 0 Å². The van der Waals surface area contributed by atoms with Gasteiger partial charge in [0.05, 0.1) is 5.54 Å². The maximum Gasteiger partial charge on any atom is 0.140 e. The molecule has 76 valence electrons. The summed E-state index contributed by atoms with van der Waals surface area (Å²) in [4.78, 5) is 11.8. The highest BCUT2D eigenvalue weighted by Gasteiger charge is 2.15. The van der Waals surface area contributed by atoms with Crippen molar-refractivity contribution in [1.82, 2.24) is 4.72 Å². The van der Waals surface area contributed by atoms with Gasteiger partial charge in [-0.25, -0.2) is 4.72 Å². The van der Waals surface area contributed by atoms with Gasteiger partial charge in [0.1, 0.15) is 6.29 Å². The lowest BCUT2D eigenvalue weighted by molar-refractivity contribution is -0.111. The first-order valence-corrected chi connectivity index (χ1v) is 5.33. The fourth-order valence-corrected chi connectivity index (χ4v) is 1.68. The highest BCUT2D eigenvalue weighted by Crippen LogP contribution is 2.20. The van der Waals surface area contributed by atoms with Gasteiger partial charge < -0.3 is 4.79 Å². The van der Waals surface area contributed by atoms with Crippen molar-refractivity contribution in [2.24, 2.45) is 0 Å². The minimum Gasteiger partial charge on any atom is -0.301 e. The molecule has 0 saturated heterocycles. The van der Waals surface area contributed by atoms with Crippen molar-refractivity contribution in [2.45, 2.75) is 31.2 Å². The monoisotopic (exact) mass is 209 g/mol. The summed E-state index contributed by atoms with van der Waals surface area (Å²) < 4.78 is 3.11. The first-order chi connectivity index (χ1) is 6.55. The fourth-order valence-electron chi connectivity index (χ4n) is 0.881. The number of carbonyl (C=O) groups excluding carboxylic acids is 1. The van der Waals surface area contributed by atoms with Gasteiger partial charge in [-0.05, 0) is 44.3 Å². The van der Waals surface area contributed by atoms with Crippen LogP contribution in [0.3, 0.4) is 0 Å². The molecule has 0 fully saturated rings. The lowest BCUT2D eigenvalue weighted by atomic mass is 10.1. The predicted octanol–water partition coefficient (Wildman–Crippen LogP) is 2.57. The van der Waals surface area contributed by atoms with Gasteiger partial charge in [0, 0.05) is 4.90 Å². The minimum atomic E-state index is -0.479. The Morgan fingerprint density at radius 3 is 2.57 bits per heavy atom. The van der Waals surface area contributed by atoms with Gasteiger partial charge in [0.15, 0.2) is 0 Å². The van der Waals surface area contributed by atoms with E-state index in [-0.39, 0.29) is 0 Å². The number of aryl methyl sites for hydroxylation is 1. The SMILES string of the molecule is Cc1ccccc1SNC(C)(C)C=O. The smallest absolute Gasteiger partial charge is 0.140 e. The normalized spacial score (nSPS) is 11.4. The van der Waals surface area contributed by atoms with Gasteiger partial charge >= 0.3 is 0 Å². The summed E-state index contributed by atoms with van der Waals surface area (Å²) in [6.45, 7) is 5.76. The number of aldehydes is 1. The number of carbonyl (C=O) groups is 1. The Morgan fingerprint density at radius 2 is 2.00 bits per heavy atom. The number of rotatable bonds is 4. The van der Waals surface area contributed by atoms with Crippen LogP contribution in [-0.4, -0.2) is 11.8 Å². The number of nitrogens with one attached hydrogen (secondary N) is 1. The van der Waals surface area contributed by atoms with Crippen molar-refractivity contribution in [1.29, 1.82) is 0 Å². The van der Waals surface area contributed by atoms with Gasteiger partial charge in [-0.15, -0.1) is 0 Å². The quantitative estimate of drug-likeness (QED) is 0.610. The Labute approximate surface area is 89.2 Å². The zero-order valence-electron chi connectivity index (χ0n) is 8.70. The molecule has 2 nitrogen and oxygen atoms in total. The van der Waals surface area contributed by atoms with E-state index in [0.717, 1.165) is 11.2 Å². The van der Waals surface area contributed by atoms with Crippen LogP contribution in [0.25, 0.3) is 0 Å². The number of hydrogen-bond acceptors (Lipinski definition) is 3. The van der Waals surface area contributed by atoms with E-state index in [1.165, 1.54) is 17.5 Å². The van der Waals surface area contributed by atoms with E-state index in [9.17, 15) is 4.79 Å². The van der Waals surface area contributed by atoms with Crippen molar-refractivity contribution in [3.8, 4) is 0 Å². The van der Waals surface area contributed by atoms with Crippen LogP contribution in [-0.2, 0) is 4.79 Å². The third kappa shape index (κ3) is 3.16. The third-order valence-corrected chi connectivity index (χ3v) is 3.12. The van der Waals surface area contributed by atoms with Gasteiger partial charge in [-0.2, -0.15) is 0 Å². The van der Waals surface area contributed by atoms with Gasteiger partial charge in [-0.3, -0.25) is 0 Å². The molecule has 0 aliphatic carbocycles. The second kappa shape index (κ2) is 4.62. The summed E-state index contributed by atoms with van der Waals surface area (Å²) in [5.74, 6) is 0. The molecule has 3 heteroatoms. The zero-order chi connectivity index (χ0) is 10.6. The summed E-state index contributed by atoms with van der Waals surface area (Å²) in [7, 11) is 0. The standard InChI is InChI=1S/C11H15NOS/c1-9-6-4-5-7-10(9)14-12-11(2,3)8-13/h4-8,12H,1-3H3. The molecule has 0 saturated carbocycles. The molecule has 0 aromatic heterocycles. The minimum absolute atomic E-state index is 0.479. The van der Waals surface area contributed by atoms with Crippen LogP contribution in [0.5, 0.6) is 0 Å². The average molecular weight is 209 g/mol. The summed E-state index contributed by atoms with van der Waals surface area (Å²) in [6.07, 6.45) is 0.915. The summed E-state index contributed by atoms with van der Waals surface area (Å²) in [5.41, 5.74) is 0.735. The lowest BCUT2D eigenvalue weighted by Crippen LogP contribution is -2.35. The van der Waals surface area contributed by atoms with E-state index in [1.54, 1.807) is 0 Å². The van der Waals surface area contributed by atoms with E-state index in [0.29, 0.717) is 0 Å². The molecule has 1 rings (SSSR count). The first kappa shape index (κ1) is 11.3. The van der Waals surface area contributed by atoms with E-state index in [4.69, 9.17) is 0 Å². The van der Waals surface area contributed by atoms with Crippen LogP contribution < -0.4 is 4.72 Å². The molecule has 0 heterocycles. The van der Waals surface area contributed by atoms with E-state index in [2.05, 4.69) is 17.7 Å². The van der Waals surface area contributed by atoms with Crippen LogP contribution in [0.1, 0.15) is 19.4 Å². The third-order valence-electron chi connectivity index (χ3n) is 1.81. The molecule has 0 amide bonds. The molecule has 0 radical (unpaired) electrons. The lowest BCUT2D eigenvalue weighted by Gasteiger charge is -2.18. The predicted molar refractivity (Wildman–Crippen MR) is 60.3 cm³/mol. The molecule has 0 spiro atoms. The Morgan fingerprint density at radius 1 is 1.36 bits per heavy atom. The molecular weight excluding hydrogens is 194 g/mol. The Hall–Kier alpha value is -0.800. The largest absolute Gasteiger partial charge is 0.301 e. The molecular formula is C11H15NOS. The molecule has 1 aromatic rings. The van der Waals surface area contributed by atoms with Crippen LogP contribution in [0.4, 0.5) is 0 Å². The highest BCUT2D eigenvalue weighted by atomic mass is 32.2. The van der Waals surface area contributed by atoms with Crippen LogP contribution in [0.15, 0.2) is 29.2 Å². The second-order valence-electron chi connectivity index (χ2n) is 3.81. The maximum atomic E-state index is 10.7. The van der Waals surface area contributed by atoms with E-state index in [1.807, 2.05) is 32.0 Å². The van der Waals surface area contributed by atoms with Gasteiger partial charge in [0.2, 0.25) is 0 Å². The van der Waals surface area contributed by atoms with E-state index < -0.39 is 5.54 Å². The number of hydrogen-bond donors (Lipinski definition) is 1. The average Bonchev–Trinajstić information content (AvgIpc) is 2.17. The Kier molecular flexibility index (Phi) is 3.72. The van der Waals surface area contributed by atoms with Crippen LogP contribution in [0, 0.1) is 6.92 Å². The highest BCUT2D eigenvalue weighted by molar-refractivity contribution is 7.97. The second-order valence-corrected chi connectivity index (χ2v) is 4.66.